The first kappa shape index (κ1) is 85.3. The van der Waals surface area contributed by atoms with Crippen molar-refractivity contribution >= 4 is 50.3 Å². The summed E-state index contributed by atoms with van der Waals surface area (Å²) in [4.78, 5) is 17.1. The first-order valence-corrected chi connectivity index (χ1v) is 40.1. The number of hydrogen-bond donors (Lipinski definition) is 4. The highest BCUT2D eigenvalue weighted by Gasteiger charge is 2.43. The van der Waals surface area contributed by atoms with Crippen LogP contribution in [0.1, 0.15) is 197 Å². The molecule has 0 aromatic heterocycles. The molecule has 0 radical (unpaired) electrons. The number of phenolic OH excluding ortho intramolecular Hbond substituents is 4. The maximum Gasteiger partial charge on any atom is 0.467 e. The van der Waals surface area contributed by atoms with Crippen LogP contribution in [0.3, 0.4) is 0 Å². The summed E-state index contributed by atoms with van der Waals surface area (Å²) in [5.41, 5.74) is 21.7. The number of likely N-dealkylation sites (N-methyl/N-ethyl adjacent to an activating group) is 1. The van der Waals surface area contributed by atoms with Crippen molar-refractivity contribution in [3.63, 3.8) is 0 Å². The molecule has 0 unspecified atom stereocenters. The molecule has 0 saturated heterocycles. The number of ketones is 1. The van der Waals surface area contributed by atoms with E-state index in [0.29, 0.717) is 40.1 Å². The van der Waals surface area contributed by atoms with E-state index in [1.54, 1.807) is 30.3 Å². The molecule has 0 fully saturated rings. The number of allylic oxidation sites excluding steroid dienone is 8. The van der Waals surface area contributed by atoms with Crippen LogP contribution in [-0.4, -0.2) is 84.9 Å². The number of hydrogen-bond acceptors (Lipinski definition) is 13. The maximum atomic E-state index is 12.2. The lowest BCUT2D eigenvalue weighted by molar-refractivity contribution is -0.401. The molecule has 586 valence electrons. The minimum absolute atomic E-state index is 0.0236. The minimum atomic E-state index is -4.70. The predicted octanol–water partition coefficient (Wildman–Crippen LogP) is 21.7. The van der Waals surface area contributed by atoms with Gasteiger partial charge in [-0.15, -0.1) is 0 Å². The second-order valence-corrected chi connectivity index (χ2v) is 32.1. The normalized spacial score (nSPS) is 14.9. The SMILES string of the molecule is CCc1cc(C(C)(C)c2ccc(C(C)(c3cc(CC)c(O)c(CC)c3)c3cc(CC)c(O)c(CC)c3)cc2)cc(CC)c1O.CN1C(=CC=C2CCC(C=CC3=[N+](C)c4ccccc4C3(C)C)=C2Cl)C(C)(C)c2ccccc21.COc1cc(OC)c([N+]#N)c(OC)c1.Cc1cc(O)c(C(=O)c2ccccc2)cc1S(=O)(=O)[O-]. The number of diazo groups is 1. The number of benzene rings is 9. The minimum Gasteiger partial charge on any atom is -0.744 e. The third-order valence-electron chi connectivity index (χ3n) is 22.8. The number of nitrogens with zero attached hydrogens (tertiary/aromatic N) is 4. The number of anilines is 1. The van der Waals surface area contributed by atoms with E-state index in [1.165, 1.54) is 96.6 Å². The van der Waals surface area contributed by atoms with E-state index in [0.717, 1.165) is 119 Å². The van der Waals surface area contributed by atoms with Gasteiger partial charge in [-0.05, 0) is 187 Å². The van der Waals surface area contributed by atoms with Crippen LogP contribution in [0.4, 0.5) is 17.1 Å². The van der Waals surface area contributed by atoms with Crippen LogP contribution < -0.4 is 19.1 Å². The van der Waals surface area contributed by atoms with Crippen molar-refractivity contribution in [1.29, 1.82) is 5.39 Å². The van der Waals surface area contributed by atoms with Crippen LogP contribution in [-0.2, 0) is 70.3 Å². The lowest BCUT2D eigenvalue weighted by Crippen LogP contribution is -2.27. The van der Waals surface area contributed by atoms with Crippen LogP contribution in [0.15, 0.2) is 215 Å². The molecule has 0 saturated carbocycles. The summed E-state index contributed by atoms with van der Waals surface area (Å²) >= 11 is 6.90. The van der Waals surface area contributed by atoms with Gasteiger partial charge in [-0.3, -0.25) is 4.79 Å². The van der Waals surface area contributed by atoms with Crippen LogP contribution in [0.2, 0.25) is 0 Å². The summed E-state index contributed by atoms with van der Waals surface area (Å²) in [7, 11) is 4.10. The van der Waals surface area contributed by atoms with Crippen molar-refractivity contribution in [1.82, 2.24) is 0 Å². The average Bonchev–Trinajstić information content (AvgIpc) is 1.12. The second kappa shape index (κ2) is 35.3. The van der Waals surface area contributed by atoms with Gasteiger partial charge in [0.2, 0.25) is 22.6 Å². The Hall–Kier alpha value is -10.7. The predicted molar refractivity (Wildman–Crippen MR) is 452 cm³/mol. The van der Waals surface area contributed by atoms with E-state index in [4.69, 9.17) is 31.2 Å². The smallest absolute Gasteiger partial charge is 0.467 e. The molecule has 3 aliphatic rings. The molecule has 12 rings (SSSR count). The topological polar surface area (TPSA) is 217 Å². The Morgan fingerprint density at radius 3 is 1.52 bits per heavy atom. The fourth-order valence-corrected chi connectivity index (χ4v) is 16.7. The zero-order chi connectivity index (χ0) is 82.1. The summed E-state index contributed by atoms with van der Waals surface area (Å²) in [6.45, 7) is 29.9. The zero-order valence-electron chi connectivity index (χ0n) is 68.3. The fraction of sp³-hybridized carbons (Fsp3) is 0.326. The Balaban J connectivity index is 0.000000186. The lowest BCUT2D eigenvalue weighted by Gasteiger charge is -2.35. The molecule has 1 aliphatic carbocycles. The Bertz CT molecular complexity index is 5190. The van der Waals surface area contributed by atoms with Crippen LogP contribution in [0, 0.1) is 12.3 Å². The van der Waals surface area contributed by atoms with E-state index >= 15 is 0 Å². The quantitative estimate of drug-likeness (QED) is 0.0184. The number of phenols is 4. The largest absolute Gasteiger partial charge is 0.744 e. The number of rotatable bonds is 20. The van der Waals surface area contributed by atoms with Crippen molar-refractivity contribution in [2.45, 2.75) is 175 Å². The Morgan fingerprint density at radius 1 is 0.598 bits per heavy atom. The molecule has 2 aliphatic heterocycles. The molecular formula is C95H108ClN4O11S+. The third kappa shape index (κ3) is 17.2. The highest BCUT2D eigenvalue weighted by molar-refractivity contribution is 7.85. The molecule has 112 heavy (non-hydrogen) atoms. The number of halogens is 1. The van der Waals surface area contributed by atoms with Crippen LogP contribution >= 0.6 is 11.6 Å². The third-order valence-corrected chi connectivity index (χ3v) is 24.2. The van der Waals surface area contributed by atoms with Crippen molar-refractivity contribution in [3.05, 3.63) is 304 Å². The number of fused-ring (bicyclic) bond motifs is 2. The monoisotopic (exact) mass is 1550 g/mol. The summed E-state index contributed by atoms with van der Waals surface area (Å²) in [6.07, 6.45) is 15.5. The van der Waals surface area contributed by atoms with Crippen LogP contribution in [0.25, 0.3) is 4.98 Å². The Labute approximate surface area is 668 Å². The molecule has 9 aromatic rings. The highest BCUT2D eigenvalue weighted by Crippen LogP contribution is 2.50. The van der Waals surface area contributed by atoms with E-state index < -0.39 is 26.2 Å². The van der Waals surface area contributed by atoms with Gasteiger partial charge in [0.1, 0.15) is 45.9 Å². The first-order valence-electron chi connectivity index (χ1n) is 38.3. The molecule has 4 N–H and O–H groups in total. The Kier molecular flexibility index (Phi) is 26.9. The number of ether oxygens (including phenoxy) is 3. The molecule has 15 nitrogen and oxygen atoms in total. The molecule has 0 amide bonds. The van der Waals surface area contributed by atoms with Gasteiger partial charge in [-0.25, -0.2) is 8.42 Å². The molecule has 17 heteroatoms. The Morgan fingerprint density at radius 2 is 1.06 bits per heavy atom. The van der Waals surface area contributed by atoms with E-state index in [2.05, 4.69) is 252 Å². The highest BCUT2D eigenvalue weighted by atomic mass is 35.5. The fourth-order valence-electron chi connectivity index (χ4n) is 15.6. The van der Waals surface area contributed by atoms with Gasteiger partial charge in [0.15, 0.2) is 16.5 Å². The summed E-state index contributed by atoms with van der Waals surface area (Å²) in [6, 6.07) is 52.7. The number of methoxy groups -OCH3 is 3. The molecular weight excluding hydrogens is 1440 g/mol. The summed E-state index contributed by atoms with van der Waals surface area (Å²) in [5, 5.41) is 52.2. The second-order valence-electron chi connectivity index (χ2n) is 30.3. The first-order chi connectivity index (χ1) is 53.1. The van der Waals surface area contributed by atoms with E-state index in [1.807, 2.05) is 0 Å². The number of aromatic hydroxyl groups is 4. The van der Waals surface area contributed by atoms with E-state index in [9.17, 15) is 38.2 Å². The lowest BCUT2D eigenvalue weighted by atomic mass is 9.68. The van der Waals surface area contributed by atoms with E-state index in [-0.39, 0.29) is 38.8 Å². The van der Waals surface area contributed by atoms with Gasteiger partial charge < -0.3 is 44.1 Å². The number of carbonyl (C=O) groups is 1. The van der Waals surface area contributed by atoms with Gasteiger partial charge >= 0.3 is 5.69 Å². The number of aryl methyl sites for hydroxylation is 7. The van der Waals surface area contributed by atoms with Crippen molar-refractivity contribution < 1.29 is 57.0 Å². The van der Waals surface area contributed by atoms with Crippen LogP contribution in [0.5, 0.6) is 40.2 Å². The molecule has 2 heterocycles. The van der Waals surface area contributed by atoms with Crippen molar-refractivity contribution in [2.75, 3.05) is 40.3 Å². The van der Waals surface area contributed by atoms with Crippen molar-refractivity contribution in [2.24, 2.45) is 0 Å². The summed E-state index contributed by atoms with van der Waals surface area (Å²) in [5.74, 6) is 1.69. The summed E-state index contributed by atoms with van der Waals surface area (Å²) < 4.78 is 50.7. The molecule has 9 aromatic carbocycles. The molecule has 0 bridgehead atoms. The van der Waals surface area contributed by atoms with Gasteiger partial charge in [0, 0.05) is 75.1 Å². The van der Waals surface area contributed by atoms with Crippen molar-refractivity contribution in [3.8, 4) is 40.2 Å². The van der Waals surface area contributed by atoms with Gasteiger partial charge in [-0.2, -0.15) is 4.58 Å². The maximum absolute atomic E-state index is 12.2. The number of carbonyl (C=O) groups excluding carboxylic acids is 1. The molecule has 0 spiro atoms. The average molecular weight is 1550 g/mol. The van der Waals surface area contributed by atoms with Gasteiger partial charge in [0.05, 0.1) is 37.2 Å². The van der Waals surface area contributed by atoms with Gasteiger partial charge in [-0.1, -0.05) is 220 Å². The molecule has 0 atom stereocenters. The standard InChI is InChI=1S/C41H52O3.C31H34ClN2.C14H12O5S.C9H11N2O3/c1-10-26-20-34(21-27(11-2)37(26)42)40(7,8)32-16-18-33(19-17-32)41(9,35-22-28(12-3)38(43)29(13-4)23-35)36-24-30(14-5)39(44)31(15-6)25-36;1-30(2)23-11-7-9-13-25(23)33(5)27(30)19-17-21-15-16-22(29(21)32)18-20-28-31(3,4)24-12-8-10-14-26(24)34(28)6;1-9-7-12(15)11(8-13(9)20(17,18)19)14(16)10-5-3-2-4-6-10;1-12-6-4-7(13-2)9(11-10)8(5-6)14-3/h16-25,42-44H,10-15H2,1-9H3;7-14,17-20H,15-16H2,1-6H3;2-8,15H,1H3,(H,17,18,19);4-5H,1-3H3/q;+1;;+1/p-1. The number of para-hydroxylation sites is 2. The zero-order valence-corrected chi connectivity index (χ0v) is 69.8. The van der Waals surface area contributed by atoms with Gasteiger partial charge in [0.25, 0.3) is 0 Å².